The Morgan fingerprint density at radius 3 is 1.26 bits per heavy atom. The van der Waals surface area contributed by atoms with Gasteiger partial charge >= 0.3 is 0 Å². The molecule has 0 spiro atoms. The topological polar surface area (TPSA) is 13.0 Å². The van der Waals surface area contributed by atoms with Crippen LogP contribution in [0.15, 0.2) is 84.9 Å². The van der Waals surface area contributed by atoms with E-state index in [4.69, 9.17) is 0 Å². The fourth-order valence-corrected chi connectivity index (χ4v) is 11.9. The van der Waals surface area contributed by atoms with Gasteiger partial charge in [0.2, 0.25) is 0 Å². The normalized spacial score (nSPS) is 19.7. The van der Waals surface area contributed by atoms with E-state index in [9.17, 15) is 0 Å². The molecule has 0 saturated carbocycles. The first-order chi connectivity index (χ1) is 16.6. The molecule has 3 aromatic rings. The minimum absolute atomic E-state index is 0.438. The smallest absolute Gasteiger partial charge is 0.0890 e. The highest BCUT2D eigenvalue weighted by Crippen LogP contribution is 2.53. The van der Waals surface area contributed by atoms with Crippen molar-refractivity contribution in [3.63, 3.8) is 0 Å². The Bertz CT molecular complexity index is 997. The lowest BCUT2D eigenvalue weighted by atomic mass is 10.3. The molecule has 0 bridgehead atoms. The van der Waals surface area contributed by atoms with Gasteiger partial charge in [-0.15, -0.1) is 0 Å². The lowest BCUT2D eigenvalue weighted by Gasteiger charge is -2.43. The van der Waals surface area contributed by atoms with Gasteiger partial charge in [0.1, 0.15) is 0 Å². The second-order valence-electron chi connectivity index (χ2n) is 9.52. The minimum Gasteiger partial charge on any atom is -0.286 e. The van der Waals surface area contributed by atoms with Gasteiger partial charge in [-0.3, -0.25) is 19.6 Å². The number of rotatable bonds is 6. The van der Waals surface area contributed by atoms with Crippen LogP contribution in [0.2, 0.25) is 0 Å². The number of likely N-dealkylation sites (N-methyl/N-ethyl adjacent to an activating group) is 4. The summed E-state index contributed by atoms with van der Waals surface area (Å²) in [6.45, 7) is 4.53. The van der Waals surface area contributed by atoms with Crippen LogP contribution in [0.4, 0.5) is 0 Å². The fourth-order valence-electron chi connectivity index (χ4n) is 5.44. The summed E-state index contributed by atoms with van der Waals surface area (Å²) in [4.78, 5) is 10.4. The maximum absolute atomic E-state index is 2.59. The first-order valence-corrected chi connectivity index (χ1v) is 15.0. The van der Waals surface area contributed by atoms with Crippen LogP contribution in [0.25, 0.3) is 0 Å². The predicted octanol–water partition coefficient (Wildman–Crippen LogP) is 2.87. The van der Waals surface area contributed by atoms with Crippen molar-refractivity contribution in [1.29, 1.82) is 0 Å². The first kappa shape index (κ1) is 24.1. The highest BCUT2D eigenvalue weighted by atomic mass is 31.1. The number of hydrogen-bond acceptors (Lipinski definition) is 4. The molecule has 4 nitrogen and oxygen atoms in total. The molecule has 34 heavy (non-hydrogen) atoms. The monoisotopic (exact) mass is 490 g/mol. The fraction of sp³-hybridized carbons (Fsp3) is 0.357. The van der Waals surface area contributed by atoms with Crippen molar-refractivity contribution in [3.05, 3.63) is 84.9 Å². The van der Waals surface area contributed by atoms with E-state index in [1.165, 1.54) is 15.9 Å². The molecule has 0 unspecified atom stereocenters. The second kappa shape index (κ2) is 10.5. The molecule has 2 heterocycles. The Kier molecular flexibility index (Phi) is 7.46. The summed E-state index contributed by atoms with van der Waals surface area (Å²) >= 11 is 0. The molecule has 2 aliphatic heterocycles. The molecule has 0 atom stereocenters. The SMILES string of the molecule is CN1CCN(C)C1P(c1ccccc1P(c1ccccc1)c1ccccc1)C1N(C)CCN1C. The summed E-state index contributed by atoms with van der Waals surface area (Å²) in [5, 5.41) is 5.93. The van der Waals surface area contributed by atoms with Gasteiger partial charge in [-0.1, -0.05) is 84.9 Å². The Morgan fingerprint density at radius 2 is 0.853 bits per heavy atom. The van der Waals surface area contributed by atoms with Gasteiger partial charge in [-0.05, 0) is 65.3 Å². The molecule has 0 radical (unpaired) electrons. The first-order valence-electron chi connectivity index (χ1n) is 12.1. The van der Waals surface area contributed by atoms with Crippen LogP contribution in [-0.4, -0.2) is 85.8 Å². The molecule has 0 aromatic heterocycles. The van der Waals surface area contributed by atoms with Crippen LogP contribution in [0, 0.1) is 0 Å². The van der Waals surface area contributed by atoms with Crippen molar-refractivity contribution < 1.29 is 0 Å². The Labute approximate surface area is 207 Å². The quantitative estimate of drug-likeness (QED) is 0.493. The van der Waals surface area contributed by atoms with Crippen molar-refractivity contribution in [2.75, 3.05) is 54.4 Å². The molecule has 0 amide bonds. The third-order valence-corrected chi connectivity index (χ3v) is 13.3. The third kappa shape index (κ3) is 4.61. The van der Waals surface area contributed by atoms with Crippen molar-refractivity contribution in [2.24, 2.45) is 0 Å². The van der Waals surface area contributed by atoms with E-state index in [1.54, 1.807) is 5.30 Å². The molecule has 2 saturated heterocycles. The molecular weight excluding hydrogens is 454 g/mol. The molecule has 0 N–H and O–H groups in total. The van der Waals surface area contributed by atoms with Gasteiger partial charge < -0.3 is 0 Å². The van der Waals surface area contributed by atoms with Gasteiger partial charge in [-0.25, -0.2) is 0 Å². The zero-order chi connectivity index (χ0) is 23.7. The molecule has 6 heteroatoms. The minimum atomic E-state index is -0.643. The molecule has 5 rings (SSSR count). The second-order valence-corrected chi connectivity index (χ2v) is 13.9. The predicted molar refractivity (Wildman–Crippen MR) is 150 cm³/mol. The van der Waals surface area contributed by atoms with Crippen molar-refractivity contribution in [1.82, 2.24) is 19.6 Å². The standard InChI is InChI=1S/C28H36N4P2/c1-29-19-20-30(2)27(29)34(28-31(3)21-22-32(28)4)26-18-12-11-17-25(26)33(23-13-7-5-8-14-23)24-15-9-6-10-16-24/h5-18,27-28H,19-22H2,1-4H3. The number of nitrogens with zero attached hydrogens (tertiary/aromatic N) is 4. The summed E-state index contributed by atoms with van der Waals surface area (Å²) in [5.41, 5.74) is 0. The summed E-state index contributed by atoms with van der Waals surface area (Å²) in [5.74, 6) is 0.875. The van der Waals surface area contributed by atoms with Gasteiger partial charge in [0.15, 0.2) is 0 Å². The van der Waals surface area contributed by atoms with Gasteiger partial charge in [0, 0.05) is 26.2 Å². The van der Waals surface area contributed by atoms with E-state index in [1.807, 2.05) is 0 Å². The van der Waals surface area contributed by atoms with Crippen molar-refractivity contribution in [3.8, 4) is 0 Å². The molecule has 178 valence electrons. The van der Waals surface area contributed by atoms with Crippen LogP contribution in [-0.2, 0) is 0 Å². The van der Waals surface area contributed by atoms with E-state index in [0.717, 1.165) is 26.2 Å². The van der Waals surface area contributed by atoms with E-state index in [0.29, 0.717) is 11.8 Å². The van der Waals surface area contributed by atoms with E-state index in [2.05, 4.69) is 133 Å². The van der Waals surface area contributed by atoms with Crippen molar-refractivity contribution >= 4 is 37.1 Å². The lowest BCUT2D eigenvalue weighted by molar-refractivity contribution is 0.240. The van der Waals surface area contributed by atoms with E-state index < -0.39 is 15.8 Å². The zero-order valence-corrected chi connectivity index (χ0v) is 22.5. The van der Waals surface area contributed by atoms with Crippen LogP contribution in [0.1, 0.15) is 0 Å². The Hall–Kier alpha value is -1.64. The van der Waals surface area contributed by atoms with Gasteiger partial charge in [-0.2, -0.15) is 0 Å². The highest BCUT2D eigenvalue weighted by Gasteiger charge is 2.45. The number of benzene rings is 3. The van der Waals surface area contributed by atoms with Gasteiger partial charge in [0.05, 0.1) is 11.8 Å². The Morgan fingerprint density at radius 1 is 0.500 bits per heavy atom. The zero-order valence-electron chi connectivity index (χ0n) is 20.7. The lowest BCUT2D eigenvalue weighted by Crippen LogP contribution is -2.47. The van der Waals surface area contributed by atoms with Gasteiger partial charge in [0.25, 0.3) is 0 Å². The Balaban J connectivity index is 1.70. The molecule has 2 fully saturated rings. The maximum atomic E-state index is 2.59. The summed E-state index contributed by atoms with van der Waals surface area (Å²) in [6, 6.07) is 31.7. The summed E-state index contributed by atoms with van der Waals surface area (Å²) in [6.07, 6.45) is 0. The van der Waals surface area contributed by atoms with Crippen molar-refractivity contribution in [2.45, 2.75) is 11.8 Å². The summed E-state index contributed by atoms with van der Waals surface area (Å²) < 4.78 is 0. The summed E-state index contributed by atoms with van der Waals surface area (Å²) in [7, 11) is 8.10. The molecular formula is C28H36N4P2. The van der Waals surface area contributed by atoms with E-state index in [-0.39, 0.29) is 0 Å². The van der Waals surface area contributed by atoms with Crippen LogP contribution in [0.3, 0.4) is 0 Å². The van der Waals surface area contributed by atoms with Crippen LogP contribution < -0.4 is 21.2 Å². The number of hydrogen-bond donors (Lipinski definition) is 0. The van der Waals surface area contributed by atoms with Crippen LogP contribution in [0.5, 0.6) is 0 Å². The average molecular weight is 491 g/mol. The van der Waals surface area contributed by atoms with E-state index >= 15 is 0 Å². The molecule has 0 aliphatic carbocycles. The third-order valence-electron chi connectivity index (χ3n) is 7.11. The maximum Gasteiger partial charge on any atom is 0.0890 e. The largest absolute Gasteiger partial charge is 0.286 e. The van der Waals surface area contributed by atoms with Crippen LogP contribution >= 0.6 is 15.8 Å². The average Bonchev–Trinajstić information content (AvgIpc) is 3.38. The molecule has 3 aromatic carbocycles. The highest BCUT2D eigenvalue weighted by molar-refractivity contribution is 7.82. The molecule has 2 aliphatic rings.